The first-order chi connectivity index (χ1) is 9.19. The smallest absolute Gasteiger partial charge is 0.123 e. The van der Waals surface area contributed by atoms with Gasteiger partial charge in [-0.15, -0.1) is 0 Å². The molecule has 0 aliphatic rings. The van der Waals surface area contributed by atoms with Crippen molar-refractivity contribution in [3.63, 3.8) is 0 Å². The molecule has 0 heterocycles. The van der Waals surface area contributed by atoms with E-state index in [4.69, 9.17) is 4.74 Å². The summed E-state index contributed by atoms with van der Waals surface area (Å²) in [7, 11) is 3.83. The van der Waals surface area contributed by atoms with Crippen LogP contribution in [0.1, 0.15) is 11.1 Å². The fourth-order valence-electron chi connectivity index (χ4n) is 2.13. The van der Waals surface area contributed by atoms with Crippen LogP contribution in [0.5, 0.6) is 5.75 Å². The van der Waals surface area contributed by atoms with Crippen molar-refractivity contribution >= 4 is 15.9 Å². The molecule has 3 heteroatoms. The van der Waals surface area contributed by atoms with Crippen molar-refractivity contribution in [3.8, 4) is 5.75 Å². The van der Waals surface area contributed by atoms with Crippen LogP contribution in [-0.4, -0.2) is 19.1 Å². The van der Waals surface area contributed by atoms with Crippen LogP contribution in [0.15, 0.2) is 53.0 Å². The Hall–Kier alpha value is -1.32. The second-order valence-corrected chi connectivity index (χ2v) is 5.53. The Morgan fingerprint density at radius 2 is 1.84 bits per heavy atom. The van der Waals surface area contributed by atoms with Crippen molar-refractivity contribution in [3.05, 3.63) is 64.1 Å². The third-order valence-electron chi connectivity index (χ3n) is 2.97. The molecule has 0 saturated carbocycles. The fraction of sp³-hybridized carbons (Fsp3) is 0.250. The molecule has 2 aromatic rings. The Kier molecular flexibility index (Phi) is 5.00. The lowest BCUT2D eigenvalue weighted by Crippen LogP contribution is -2.17. The van der Waals surface area contributed by atoms with Crippen LogP contribution in [0.4, 0.5) is 0 Å². The third kappa shape index (κ3) is 4.08. The Morgan fingerprint density at radius 3 is 2.58 bits per heavy atom. The zero-order valence-electron chi connectivity index (χ0n) is 11.3. The molecule has 2 rings (SSSR count). The molecular weight excluding hydrogens is 302 g/mol. The number of benzene rings is 2. The van der Waals surface area contributed by atoms with Crippen molar-refractivity contribution in [1.82, 2.24) is 4.90 Å². The lowest BCUT2D eigenvalue weighted by molar-refractivity contribution is 0.310. The molecule has 0 fully saturated rings. The van der Waals surface area contributed by atoms with Gasteiger partial charge in [0, 0.05) is 23.1 Å². The van der Waals surface area contributed by atoms with E-state index < -0.39 is 0 Å². The molecule has 100 valence electrons. The van der Waals surface area contributed by atoms with Gasteiger partial charge in [-0.1, -0.05) is 46.3 Å². The summed E-state index contributed by atoms with van der Waals surface area (Å²) in [5, 5.41) is 0. The average molecular weight is 320 g/mol. The Morgan fingerprint density at radius 1 is 1.05 bits per heavy atom. The molecule has 0 aliphatic heterocycles. The summed E-state index contributed by atoms with van der Waals surface area (Å²) in [6.45, 7) is 1.79. The highest BCUT2D eigenvalue weighted by atomic mass is 79.9. The number of hydrogen-bond donors (Lipinski definition) is 0. The summed E-state index contributed by atoms with van der Waals surface area (Å²) in [5.74, 6) is 0.948. The number of rotatable bonds is 5. The largest absolute Gasteiger partial charge is 0.496 e. The second kappa shape index (κ2) is 6.73. The number of nitrogens with zero attached hydrogens (tertiary/aromatic N) is 1. The van der Waals surface area contributed by atoms with E-state index in [1.807, 2.05) is 24.3 Å². The first-order valence-electron chi connectivity index (χ1n) is 6.24. The Balaban J connectivity index is 2.03. The zero-order chi connectivity index (χ0) is 13.7. The lowest BCUT2D eigenvalue weighted by Gasteiger charge is -2.18. The lowest BCUT2D eigenvalue weighted by atomic mass is 10.1. The summed E-state index contributed by atoms with van der Waals surface area (Å²) < 4.78 is 6.50. The van der Waals surface area contributed by atoms with Crippen LogP contribution >= 0.6 is 15.9 Å². The first-order valence-corrected chi connectivity index (χ1v) is 7.03. The van der Waals surface area contributed by atoms with E-state index in [1.165, 1.54) is 11.1 Å². The van der Waals surface area contributed by atoms with Gasteiger partial charge >= 0.3 is 0 Å². The monoisotopic (exact) mass is 319 g/mol. The highest BCUT2D eigenvalue weighted by molar-refractivity contribution is 9.10. The van der Waals surface area contributed by atoms with Gasteiger partial charge in [0.15, 0.2) is 0 Å². The van der Waals surface area contributed by atoms with Gasteiger partial charge < -0.3 is 4.74 Å². The maximum Gasteiger partial charge on any atom is 0.123 e. The average Bonchev–Trinajstić information content (AvgIpc) is 2.39. The van der Waals surface area contributed by atoms with Gasteiger partial charge in [-0.2, -0.15) is 0 Å². The molecule has 0 spiro atoms. The van der Waals surface area contributed by atoms with Crippen molar-refractivity contribution in [2.75, 3.05) is 14.2 Å². The Labute approximate surface area is 123 Å². The van der Waals surface area contributed by atoms with E-state index >= 15 is 0 Å². The van der Waals surface area contributed by atoms with E-state index in [0.717, 1.165) is 23.3 Å². The van der Waals surface area contributed by atoms with Gasteiger partial charge in [0.05, 0.1) is 7.11 Å². The topological polar surface area (TPSA) is 12.5 Å². The predicted octanol–water partition coefficient (Wildman–Crippen LogP) is 4.09. The molecule has 0 aromatic heterocycles. The van der Waals surface area contributed by atoms with Crippen LogP contribution in [0, 0.1) is 0 Å². The van der Waals surface area contributed by atoms with E-state index in [-0.39, 0.29) is 0 Å². The Bertz CT molecular complexity index is 542. The van der Waals surface area contributed by atoms with Gasteiger partial charge in [0.25, 0.3) is 0 Å². The van der Waals surface area contributed by atoms with E-state index in [2.05, 4.69) is 52.1 Å². The second-order valence-electron chi connectivity index (χ2n) is 4.61. The van der Waals surface area contributed by atoms with E-state index in [1.54, 1.807) is 7.11 Å². The van der Waals surface area contributed by atoms with Gasteiger partial charge in [0.1, 0.15) is 5.75 Å². The number of methoxy groups -OCH3 is 1. The molecule has 2 aromatic carbocycles. The van der Waals surface area contributed by atoms with Gasteiger partial charge in [-0.25, -0.2) is 0 Å². The number of halogens is 1. The molecule has 0 atom stereocenters. The predicted molar refractivity (Wildman–Crippen MR) is 82.3 cm³/mol. The van der Waals surface area contributed by atoms with Crippen LogP contribution in [0.2, 0.25) is 0 Å². The molecule has 0 unspecified atom stereocenters. The minimum atomic E-state index is 0.872. The molecule has 19 heavy (non-hydrogen) atoms. The molecule has 0 amide bonds. The quantitative estimate of drug-likeness (QED) is 0.823. The standard InChI is InChI=1S/C16H18BrNO/c1-18(11-13-6-5-8-15(17)10-13)12-14-7-3-4-9-16(14)19-2/h3-10H,11-12H2,1-2H3. The molecule has 0 saturated heterocycles. The minimum absolute atomic E-state index is 0.872. The van der Waals surface area contributed by atoms with E-state index in [9.17, 15) is 0 Å². The highest BCUT2D eigenvalue weighted by Gasteiger charge is 2.06. The summed E-state index contributed by atoms with van der Waals surface area (Å²) in [4.78, 5) is 2.28. The van der Waals surface area contributed by atoms with Gasteiger partial charge in [-0.3, -0.25) is 4.90 Å². The van der Waals surface area contributed by atoms with Crippen molar-refractivity contribution in [2.24, 2.45) is 0 Å². The van der Waals surface area contributed by atoms with Crippen LogP contribution in [-0.2, 0) is 13.1 Å². The zero-order valence-corrected chi connectivity index (χ0v) is 12.9. The normalized spacial score (nSPS) is 10.7. The molecular formula is C16H18BrNO. The van der Waals surface area contributed by atoms with Crippen molar-refractivity contribution < 1.29 is 4.74 Å². The molecule has 0 aliphatic carbocycles. The van der Waals surface area contributed by atoms with Gasteiger partial charge in [-0.05, 0) is 30.8 Å². The summed E-state index contributed by atoms with van der Waals surface area (Å²) in [6.07, 6.45) is 0. The molecule has 0 radical (unpaired) electrons. The van der Waals surface area contributed by atoms with Crippen molar-refractivity contribution in [2.45, 2.75) is 13.1 Å². The maximum atomic E-state index is 5.38. The summed E-state index contributed by atoms with van der Waals surface area (Å²) in [5.41, 5.74) is 2.51. The summed E-state index contributed by atoms with van der Waals surface area (Å²) >= 11 is 3.50. The van der Waals surface area contributed by atoms with Crippen LogP contribution in [0.25, 0.3) is 0 Å². The number of ether oxygens (including phenoxy) is 1. The fourth-order valence-corrected chi connectivity index (χ4v) is 2.57. The SMILES string of the molecule is COc1ccccc1CN(C)Cc1cccc(Br)c1. The molecule has 0 N–H and O–H groups in total. The van der Waals surface area contributed by atoms with Crippen LogP contribution in [0.3, 0.4) is 0 Å². The molecule has 0 bridgehead atoms. The number of para-hydroxylation sites is 1. The summed E-state index contributed by atoms with van der Waals surface area (Å²) in [6, 6.07) is 16.6. The van der Waals surface area contributed by atoms with Crippen LogP contribution < -0.4 is 4.74 Å². The third-order valence-corrected chi connectivity index (χ3v) is 3.47. The number of hydrogen-bond acceptors (Lipinski definition) is 2. The van der Waals surface area contributed by atoms with Gasteiger partial charge in [0.2, 0.25) is 0 Å². The minimum Gasteiger partial charge on any atom is -0.496 e. The van der Waals surface area contributed by atoms with Crippen molar-refractivity contribution in [1.29, 1.82) is 0 Å². The highest BCUT2D eigenvalue weighted by Crippen LogP contribution is 2.20. The molecule has 2 nitrogen and oxygen atoms in total. The first kappa shape index (κ1) is 14.1. The van der Waals surface area contributed by atoms with E-state index in [0.29, 0.717) is 0 Å². The maximum absolute atomic E-state index is 5.38.